The van der Waals surface area contributed by atoms with Crippen LogP contribution in [0.15, 0.2) is 72.8 Å². The summed E-state index contributed by atoms with van der Waals surface area (Å²) in [6.07, 6.45) is 8.33. The van der Waals surface area contributed by atoms with Crippen LogP contribution in [0.4, 0.5) is 11.4 Å². The molecule has 3 aromatic carbocycles. The summed E-state index contributed by atoms with van der Waals surface area (Å²) in [7, 11) is 0. The topological polar surface area (TPSA) is 3.24 Å². The molecule has 1 heteroatoms. The first kappa shape index (κ1) is 19.2. The largest absolute Gasteiger partial charge is 0.338 e. The predicted octanol–water partition coefficient (Wildman–Crippen LogP) is 7.94. The molecular formula is C29H31N. The molecule has 1 saturated carbocycles. The molecule has 0 N–H and O–H groups in total. The maximum atomic E-state index is 2.62. The van der Waals surface area contributed by atoms with Crippen molar-refractivity contribution in [3.63, 3.8) is 0 Å². The fraction of sp³-hybridized carbons (Fsp3) is 0.310. The van der Waals surface area contributed by atoms with Gasteiger partial charge in [0.1, 0.15) is 0 Å². The van der Waals surface area contributed by atoms with Crippen molar-refractivity contribution >= 4 is 23.5 Å². The van der Waals surface area contributed by atoms with Gasteiger partial charge in [-0.15, -0.1) is 0 Å². The van der Waals surface area contributed by atoms with Gasteiger partial charge in [-0.2, -0.15) is 0 Å². The molecule has 1 aliphatic carbocycles. The zero-order valence-corrected chi connectivity index (χ0v) is 18.3. The van der Waals surface area contributed by atoms with Gasteiger partial charge in [-0.1, -0.05) is 93.9 Å². The minimum absolute atomic E-state index is 0.198. The highest BCUT2D eigenvalue weighted by atomic mass is 15.2. The van der Waals surface area contributed by atoms with Crippen molar-refractivity contribution in [3.05, 3.63) is 95.1 Å². The van der Waals surface area contributed by atoms with Gasteiger partial charge in [0, 0.05) is 23.3 Å². The quantitative estimate of drug-likeness (QED) is 0.408. The van der Waals surface area contributed by atoms with Crippen molar-refractivity contribution in [2.45, 2.75) is 57.4 Å². The molecule has 3 aromatic rings. The monoisotopic (exact) mass is 393 g/mol. The van der Waals surface area contributed by atoms with Crippen LogP contribution in [0.3, 0.4) is 0 Å². The van der Waals surface area contributed by atoms with E-state index in [1.165, 1.54) is 47.3 Å². The third kappa shape index (κ3) is 3.47. The molecule has 2 unspecified atom stereocenters. The van der Waals surface area contributed by atoms with Crippen molar-refractivity contribution in [1.29, 1.82) is 0 Å². The molecule has 0 bridgehead atoms. The zero-order chi connectivity index (χ0) is 20.7. The fourth-order valence-corrected chi connectivity index (χ4v) is 5.16. The molecule has 0 amide bonds. The molecule has 5 rings (SSSR count). The van der Waals surface area contributed by atoms with Crippen LogP contribution in [0.5, 0.6) is 0 Å². The Bertz CT molecular complexity index is 1050. The summed E-state index contributed by atoms with van der Waals surface area (Å²) in [5, 5.41) is 0. The lowest BCUT2D eigenvalue weighted by Gasteiger charge is -2.27. The standard InChI is InChI=1S/C29H31N/c1-29(2,3)23-16-19-28-26(20-23)25-10-7-11-27(25)30(28)24-17-14-22(15-18-24)13-12-21-8-5-4-6-9-21/h4-6,8-9,12-20,25,27H,7,10-11H2,1-3H3/b13-12+. The average Bonchev–Trinajstić information content (AvgIpc) is 3.33. The van der Waals surface area contributed by atoms with Gasteiger partial charge in [0.15, 0.2) is 0 Å². The second-order valence-electron chi connectivity index (χ2n) is 9.83. The molecule has 0 radical (unpaired) electrons. The van der Waals surface area contributed by atoms with Gasteiger partial charge in [0.25, 0.3) is 0 Å². The number of rotatable bonds is 3. The van der Waals surface area contributed by atoms with Crippen LogP contribution in [0.1, 0.15) is 68.2 Å². The van der Waals surface area contributed by atoms with Crippen molar-refractivity contribution in [3.8, 4) is 0 Å². The summed E-state index contributed by atoms with van der Waals surface area (Å²) in [6.45, 7) is 6.94. The minimum Gasteiger partial charge on any atom is -0.338 e. The normalized spacial score (nSPS) is 20.6. The Labute approximate surface area is 181 Å². The van der Waals surface area contributed by atoms with Gasteiger partial charge in [-0.05, 0) is 58.7 Å². The van der Waals surface area contributed by atoms with Crippen LogP contribution in [0.2, 0.25) is 0 Å². The number of nitrogens with zero attached hydrogens (tertiary/aromatic N) is 1. The molecule has 0 saturated heterocycles. The van der Waals surface area contributed by atoms with Gasteiger partial charge >= 0.3 is 0 Å². The van der Waals surface area contributed by atoms with Gasteiger partial charge in [-0.3, -0.25) is 0 Å². The fourth-order valence-electron chi connectivity index (χ4n) is 5.16. The van der Waals surface area contributed by atoms with E-state index in [9.17, 15) is 0 Å². The Hall–Kier alpha value is -2.80. The van der Waals surface area contributed by atoms with E-state index in [1.807, 2.05) is 0 Å². The molecule has 152 valence electrons. The Morgan fingerprint density at radius 3 is 2.20 bits per heavy atom. The Balaban J connectivity index is 1.45. The van der Waals surface area contributed by atoms with Crippen LogP contribution in [-0.2, 0) is 5.41 Å². The minimum atomic E-state index is 0.198. The Morgan fingerprint density at radius 1 is 0.800 bits per heavy atom. The van der Waals surface area contributed by atoms with Gasteiger partial charge < -0.3 is 4.90 Å². The SMILES string of the molecule is CC(C)(C)c1ccc2c(c1)C1CCCC1N2c1ccc(/C=C/c2ccccc2)cc1. The maximum Gasteiger partial charge on any atom is 0.0449 e. The third-order valence-electron chi connectivity index (χ3n) is 6.80. The summed E-state index contributed by atoms with van der Waals surface area (Å²) >= 11 is 0. The van der Waals surface area contributed by atoms with Gasteiger partial charge in [-0.25, -0.2) is 0 Å². The van der Waals surface area contributed by atoms with Crippen LogP contribution < -0.4 is 4.90 Å². The Morgan fingerprint density at radius 2 is 1.50 bits per heavy atom. The lowest BCUT2D eigenvalue weighted by molar-refractivity contribution is 0.587. The summed E-state index contributed by atoms with van der Waals surface area (Å²) in [6, 6.07) is 27.4. The van der Waals surface area contributed by atoms with E-state index >= 15 is 0 Å². The van der Waals surface area contributed by atoms with Crippen LogP contribution >= 0.6 is 0 Å². The lowest BCUT2D eigenvalue weighted by atomic mass is 9.84. The molecule has 1 nitrogen and oxygen atoms in total. The van der Waals surface area contributed by atoms with Crippen molar-refractivity contribution < 1.29 is 0 Å². The van der Waals surface area contributed by atoms with Crippen molar-refractivity contribution in [1.82, 2.24) is 0 Å². The second kappa shape index (κ2) is 7.47. The molecule has 0 spiro atoms. The van der Waals surface area contributed by atoms with Crippen molar-refractivity contribution in [2.24, 2.45) is 0 Å². The van der Waals surface area contributed by atoms with E-state index in [2.05, 4.69) is 111 Å². The van der Waals surface area contributed by atoms with E-state index in [0.717, 1.165) is 0 Å². The zero-order valence-electron chi connectivity index (χ0n) is 18.3. The molecule has 2 atom stereocenters. The van der Waals surface area contributed by atoms with Crippen LogP contribution in [0, 0.1) is 0 Å². The van der Waals surface area contributed by atoms with Crippen LogP contribution in [0.25, 0.3) is 12.2 Å². The molecule has 1 fully saturated rings. The van der Waals surface area contributed by atoms with Crippen molar-refractivity contribution in [2.75, 3.05) is 4.90 Å². The maximum absolute atomic E-state index is 2.62. The molecule has 1 aliphatic heterocycles. The summed E-state index contributed by atoms with van der Waals surface area (Å²) in [5.74, 6) is 0.681. The van der Waals surface area contributed by atoms with E-state index < -0.39 is 0 Å². The first-order valence-electron chi connectivity index (χ1n) is 11.3. The van der Waals surface area contributed by atoms with Crippen LogP contribution in [-0.4, -0.2) is 6.04 Å². The van der Waals surface area contributed by atoms with Gasteiger partial charge in [0.05, 0.1) is 0 Å². The number of fused-ring (bicyclic) bond motifs is 3. The molecule has 2 aliphatic rings. The van der Waals surface area contributed by atoms with E-state index in [0.29, 0.717) is 12.0 Å². The average molecular weight is 394 g/mol. The van der Waals surface area contributed by atoms with E-state index in [-0.39, 0.29) is 5.41 Å². The summed E-state index contributed by atoms with van der Waals surface area (Å²) in [5.41, 5.74) is 8.44. The smallest absolute Gasteiger partial charge is 0.0449 e. The summed E-state index contributed by atoms with van der Waals surface area (Å²) in [4.78, 5) is 2.62. The summed E-state index contributed by atoms with van der Waals surface area (Å²) < 4.78 is 0. The number of hydrogen-bond donors (Lipinski definition) is 0. The highest BCUT2D eigenvalue weighted by Crippen LogP contribution is 2.52. The van der Waals surface area contributed by atoms with Gasteiger partial charge in [0.2, 0.25) is 0 Å². The molecular weight excluding hydrogens is 362 g/mol. The highest BCUT2D eigenvalue weighted by molar-refractivity contribution is 5.76. The predicted molar refractivity (Wildman–Crippen MR) is 129 cm³/mol. The Kier molecular flexibility index (Phi) is 4.77. The van der Waals surface area contributed by atoms with E-state index in [1.54, 1.807) is 5.56 Å². The first-order valence-corrected chi connectivity index (χ1v) is 11.3. The van der Waals surface area contributed by atoms with E-state index in [4.69, 9.17) is 0 Å². The molecule has 1 heterocycles. The first-order chi connectivity index (χ1) is 14.5. The number of benzene rings is 3. The number of hydrogen-bond acceptors (Lipinski definition) is 1. The lowest BCUT2D eigenvalue weighted by Crippen LogP contribution is -2.26. The molecule has 30 heavy (non-hydrogen) atoms. The second-order valence-corrected chi connectivity index (χ2v) is 9.83. The highest BCUT2D eigenvalue weighted by Gasteiger charge is 2.42. The number of anilines is 2. The third-order valence-corrected chi connectivity index (χ3v) is 6.80. The molecule has 0 aromatic heterocycles.